The van der Waals surface area contributed by atoms with Crippen LogP contribution in [0.1, 0.15) is 30.6 Å². The molecule has 0 heterocycles. The maximum Gasteiger partial charge on any atom is 0.335 e. The Bertz CT molecular complexity index is 592. The lowest BCUT2D eigenvalue weighted by atomic mass is 10.2. The van der Waals surface area contributed by atoms with E-state index in [1.165, 1.54) is 31.2 Å². The number of hydrogen-bond acceptors (Lipinski definition) is 4. The van der Waals surface area contributed by atoms with Gasteiger partial charge in [-0.05, 0) is 37.6 Å². The van der Waals surface area contributed by atoms with Crippen LogP contribution in [0.25, 0.3) is 0 Å². The van der Waals surface area contributed by atoms with Crippen molar-refractivity contribution in [1.29, 1.82) is 0 Å². The fourth-order valence-corrected chi connectivity index (χ4v) is 2.81. The van der Waals surface area contributed by atoms with Crippen molar-refractivity contribution in [1.82, 2.24) is 5.32 Å². The zero-order valence-corrected chi connectivity index (χ0v) is 12.1. The zero-order valence-electron chi connectivity index (χ0n) is 11.3. The number of amides is 1. The van der Waals surface area contributed by atoms with Crippen molar-refractivity contribution in [3.63, 3.8) is 0 Å². The van der Waals surface area contributed by atoms with Crippen molar-refractivity contribution >= 4 is 21.7 Å². The summed E-state index contributed by atoms with van der Waals surface area (Å²) in [6, 6.07) is 4.79. The lowest BCUT2D eigenvalue weighted by molar-refractivity contribution is -0.120. The summed E-state index contributed by atoms with van der Waals surface area (Å²) in [4.78, 5) is 22.4. The van der Waals surface area contributed by atoms with E-state index in [0.717, 1.165) is 0 Å². The smallest absolute Gasteiger partial charge is 0.335 e. The van der Waals surface area contributed by atoms with Gasteiger partial charge in [0.2, 0.25) is 5.91 Å². The summed E-state index contributed by atoms with van der Waals surface area (Å²) in [7, 11) is -3.82. The first kappa shape index (κ1) is 16.2. The summed E-state index contributed by atoms with van der Waals surface area (Å²) in [6.07, 6.45) is 0.714. The van der Waals surface area contributed by atoms with E-state index < -0.39 is 27.0 Å². The molecule has 1 aromatic rings. The van der Waals surface area contributed by atoms with Gasteiger partial charge in [0.25, 0.3) is 0 Å². The average molecular weight is 299 g/mol. The Morgan fingerprint density at radius 3 is 2.25 bits per heavy atom. The quantitative estimate of drug-likeness (QED) is 0.818. The van der Waals surface area contributed by atoms with Crippen molar-refractivity contribution in [3.8, 4) is 0 Å². The number of carbonyl (C=O) groups excluding carboxylic acids is 1. The van der Waals surface area contributed by atoms with Crippen LogP contribution in [0.2, 0.25) is 0 Å². The largest absolute Gasteiger partial charge is 0.478 e. The van der Waals surface area contributed by atoms with Crippen LogP contribution < -0.4 is 5.32 Å². The van der Waals surface area contributed by atoms with E-state index in [4.69, 9.17) is 5.11 Å². The number of carbonyl (C=O) groups is 2. The van der Waals surface area contributed by atoms with E-state index in [1.807, 2.05) is 6.92 Å². The molecule has 1 aromatic carbocycles. The fourth-order valence-electron chi connectivity index (χ4n) is 1.52. The predicted molar refractivity (Wildman–Crippen MR) is 73.3 cm³/mol. The highest BCUT2D eigenvalue weighted by atomic mass is 32.2. The van der Waals surface area contributed by atoms with Crippen molar-refractivity contribution in [3.05, 3.63) is 29.8 Å². The molecule has 7 heteroatoms. The first-order valence-corrected chi connectivity index (χ1v) is 7.70. The van der Waals surface area contributed by atoms with Crippen molar-refractivity contribution in [2.45, 2.75) is 30.4 Å². The topological polar surface area (TPSA) is 101 Å². The second-order valence-corrected chi connectivity index (χ2v) is 6.58. The highest BCUT2D eigenvalue weighted by Gasteiger charge is 2.29. The first-order valence-electron chi connectivity index (χ1n) is 6.15. The molecule has 0 saturated heterocycles. The third-order valence-corrected chi connectivity index (χ3v) is 4.89. The number of benzene rings is 1. The SMILES string of the molecule is CCCNC(=O)C(C)S(=O)(=O)c1ccc(C(=O)O)cc1. The maximum absolute atomic E-state index is 12.2. The molecule has 0 aliphatic carbocycles. The van der Waals surface area contributed by atoms with Gasteiger partial charge in [-0.2, -0.15) is 0 Å². The molecule has 1 amide bonds. The summed E-state index contributed by atoms with van der Waals surface area (Å²) in [5.74, 6) is -1.70. The van der Waals surface area contributed by atoms with E-state index in [9.17, 15) is 18.0 Å². The minimum Gasteiger partial charge on any atom is -0.478 e. The molecule has 1 unspecified atom stereocenters. The first-order chi connectivity index (χ1) is 9.30. The highest BCUT2D eigenvalue weighted by Crippen LogP contribution is 2.17. The van der Waals surface area contributed by atoms with Gasteiger partial charge in [0.05, 0.1) is 10.5 Å². The number of rotatable bonds is 6. The lowest BCUT2D eigenvalue weighted by Gasteiger charge is -2.13. The Balaban J connectivity index is 2.98. The molecule has 1 atom stereocenters. The third kappa shape index (κ3) is 3.57. The van der Waals surface area contributed by atoms with Gasteiger partial charge in [-0.25, -0.2) is 13.2 Å². The molecule has 0 bridgehead atoms. The second kappa shape index (κ2) is 6.51. The van der Waals surface area contributed by atoms with Gasteiger partial charge in [0, 0.05) is 6.54 Å². The summed E-state index contributed by atoms with van der Waals surface area (Å²) in [6.45, 7) is 3.59. The molecule has 0 spiro atoms. The molecule has 0 aliphatic heterocycles. The summed E-state index contributed by atoms with van der Waals surface area (Å²) >= 11 is 0. The highest BCUT2D eigenvalue weighted by molar-refractivity contribution is 7.92. The summed E-state index contributed by atoms with van der Waals surface area (Å²) < 4.78 is 24.4. The molecule has 0 aromatic heterocycles. The standard InChI is InChI=1S/C13H17NO5S/c1-3-8-14-12(15)9(2)20(18,19)11-6-4-10(5-7-11)13(16)17/h4-7,9H,3,8H2,1-2H3,(H,14,15)(H,16,17). The molecular weight excluding hydrogens is 282 g/mol. The van der Waals surface area contributed by atoms with Gasteiger partial charge in [-0.15, -0.1) is 0 Å². The molecule has 1 rings (SSSR count). The van der Waals surface area contributed by atoms with Gasteiger partial charge >= 0.3 is 5.97 Å². The number of sulfone groups is 1. The zero-order chi connectivity index (χ0) is 15.3. The average Bonchev–Trinajstić information content (AvgIpc) is 2.43. The number of carboxylic acids is 1. The van der Waals surface area contributed by atoms with Gasteiger partial charge in [0.1, 0.15) is 5.25 Å². The van der Waals surface area contributed by atoms with Crippen molar-refractivity contribution < 1.29 is 23.1 Å². The molecule has 2 N–H and O–H groups in total. The Kier molecular flexibility index (Phi) is 5.26. The fraction of sp³-hybridized carbons (Fsp3) is 0.385. The van der Waals surface area contributed by atoms with Gasteiger partial charge in [-0.1, -0.05) is 6.92 Å². The van der Waals surface area contributed by atoms with Crippen LogP contribution >= 0.6 is 0 Å². The van der Waals surface area contributed by atoms with Crippen LogP contribution in [-0.2, 0) is 14.6 Å². The Hall–Kier alpha value is -1.89. The monoisotopic (exact) mass is 299 g/mol. The van der Waals surface area contributed by atoms with Crippen LogP contribution in [0.3, 0.4) is 0 Å². The van der Waals surface area contributed by atoms with Crippen LogP contribution in [0, 0.1) is 0 Å². The third-order valence-electron chi connectivity index (χ3n) is 2.81. The molecule has 0 aliphatic rings. The van der Waals surface area contributed by atoms with Gasteiger partial charge < -0.3 is 10.4 Å². The summed E-state index contributed by atoms with van der Waals surface area (Å²) in [5.41, 5.74) is -0.00737. The molecular formula is C13H17NO5S. The normalized spacial score (nSPS) is 12.7. The van der Waals surface area contributed by atoms with Gasteiger partial charge in [0.15, 0.2) is 9.84 Å². The van der Waals surface area contributed by atoms with E-state index in [-0.39, 0.29) is 10.5 Å². The number of carboxylic acid groups (broad SMARTS) is 1. The number of nitrogens with one attached hydrogen (secondary N) is 1. The molecule has 0 radical (unpaired) electrons. The number of hydrogen-bond donors (Lipinski definition) is 2. The minimum absolute atomic E-state index is 0.00737. The van der Waals surface area contributed by atoms with Crippen LogP contribution in [0.15, 0.2) is 29.2 Å². The minimum atomic E-state index is -3.82. The van der Waals surface area contributed by atoms with E-state index in [2.05, 4.69) is 5.32 Å². The Labute approximate surface area is 117 Å². The molecule has 20 heavy (non-hydrogen) atoms. The molecule has 0 fully saturated rings. The van der Waals surface area contributed by atoms with E-state index >= 15 is 0 Å². The Morgan fingerprint density at radius 2 is 1.80 bits per heavy atom. The molecule has 0 saturated carbocycles. The predicted octanol–water partition coefficient (Wildman–Crippen LogP) is 1.07. The van der Waals surface area contributed by atoms with E-state index in [1.54, 1.807) is 0 Å². The van der Waals surface area contributed by atoms with Crippen LogP contribution in [-0.4, -0.2) is 37.2 Å². The van der Waals surface area contributed by atoms with Crippen LogP contribution in [0.5, 0.6) is 0 Å². The van der Waals surface area contributed by atoms with Crippen LogP contribution in [0.4, 0.5) is 0 Å². The van der Waals surface area contributed by atoms with Crippen molar-refractivity contribution in [2.75, 3.05) is 6.54 Å². The number of aromatic carboxylic acids is 1. The Morgan fingerprint density at radius 1 is 1.25 bits per heavy atom. The van der Waals surface area contributed by atoms with Crippen molar-refractivity contribution in [2.24, 2.45) is 0 Å². The maximum atomic E-state index is 12.2. The van der Waals surface area contributed by atoms with Gasteiger partial charge in [-0.3, -0.25) is 4.79 Å². The molecule has 6 nitrogen and oxygen atoms in total. The van der Waals surface area contributed by atoms with E-state index in [0.29, 0.717) is 13.0 Å². The molecule has 110 valence electrons. The second-order valence-electron chi connectivity index (χ2n) is 4.31. The lowest BCUT2D eigenvalue weighted by Crippen LogP contribution is -2.38. The summed E-state index contributed by atoms with van der Waals surface area (Å²) in [5, 5.41) is 10.1.